The fourth-order valence-electron chi connectivity index (χ4n) is 1.67. The van der Waals surface area contributed by atoms with Crippen molar-refractivity contribution in [2.24, 2.45) is 0 Å². The third-order valence-corrected chi connectivity index (χ3v) is 2.45. The van der Waals surface area contributed by atoms with Crippen molar-refractivity contribution in [3.63, 3.8) is 0 Å². The highest BCUT2D eigenvalue weighted by molar-refractivity contribution is 5.85. The molecule has 90 valence electrons. The number of H-pyrrole nitrogens is 1. The summed E-state index contributed by atoms with van der Waals surface area (Å²) in [5.74, 6) is -0.708. The molecule has 0 bridgehead atoms. The number of nitrogens with one attached hydrogen (secondary N) is 1. The lowest BCUT2D eigenvalue weighted by Gasteiger charge is -2.02. The van der Waals surface area contributed by atoms with E-state index in [1.54, 1.807) is 13.1 Å². The van der Waals surface area contributed by atoms with Crippen LogP contribution in [0.5, 0.6) is 0 Å². The van der Waals surface area contributed by atoms with E-state index in [0.29, 0.717) is 5.52 Å². The molecule has 6 nitrogen and oxygen atoms in total. The Hall–Kier alpha value is -2.11. The van der Waals surface area contributed by atoms with E-state index in [9.17, 15) is 9.59 Å². The van der Waals surface area contributed by atoms with E-state index in [0.717, 1.165) is 12.0 Å². The zero-order chi connectivity index (χ0) is 12.4. The first-order valence-electron chi connectivity index (χ1n) is 5.45. The molecule has 2 heterocycles. The predicted molar refractivity (Wildman–Crippen MR) is 61.1 cm³/mol. The molecule has 1 N–H and O–H groups in total. The third kappa shape index (κ3) is 1.93. The molecule has 0 unspecified atom stereocenters. The van der Waals surface area contributed by atoms with Crippen LogP contribution in [0.2, 0.25) is 0 Å². The normalized spacial score (nSPS) is 10.7. The van der Waals surface area contributed by atoms with E-state index in [2.05, 4.69) is 10.1 Å². The minimum absolute atomic E-state index is 0.0809. The van der Waals surface area contributed by atoms with Crippen LogP contribution in [-0.4, -0.2) is 27.2 Å². The van der Waals surface area contributed by atoms with Crippen molar-refractivity contribution in [3.05, 3.63) is 34.0 Å². The van der Waals surface area contributed by atoms with Crippen LogP contribution >= 0.6 is 0 Å². The van der Waals surface area contributed by atoms with Crippen molar-refractivity contribution in [1.29, 1.82) is 0 Å². The van der Waals surface area contributed by atoms with Crippen molar-refractivity contribution in [2.75, 3.05) is 6.61 Å². The van der Waals surface area contributed by atoms with Crippen molar-refractivity contribution in [2.45, 2.75) is 20.3 Å². The quantitative estimate of drug-likeness (QED) is 0.797. The van der Waals surface area contributed by atoms with E-state index in [1.165, 1.54) is 4.52 Å². The van der Waals surface area contributed by atoms with Gasteiger partial charge in [0.15, 0.2) is 0 Å². The Labute approximate surface area is 97.2 Å². The number of hydrogen-bond acceptors (Lipinski definition) is 4. The molecule has 0 radical (unpaired) electrons. The maximum Gasteiger partial charge on any atom is 0.376 e. The average Bonchev–Trinajstić information content (AvgIpc) is 2.72. The van der Waals surface area contributed by atoms with E-state index >= 15 is 0 Å². The lowest BCUT2D eigenvalue weighted by Crippen LogP contribution is -2.21. The van der Waals surface area contributed by atoms with Crippen molar-refractivity contribution >= 4 is 11.5 Å². The summed E-state index contributed by atoms with van der Waals surface area (Å²) < 4.78 is 6.19. The molecule has 0 aliphatic heterocycles. The number of carbonyl (C=O) groups excluding carboxylic acids is 1. The van der Waals surface area contributed by atoms with Crippen molar-refractivity contribution < 1.29 is 9.53 Å². The number of aromatic amines is 1. The van der Waals surface area contributed by atoms with Crippen LogP contribution in [0.4, 0.5) is 0 Å². The van der Waals surface area contributed by atoms with Crippen LogP contribution in [-0.2, 0) is 11.2 Å². The first-order valence-corrected chi connectivity index (χ1v) is 5.45. The van der Waals surface area contributed by atoms with Crippen LogP contribution in [0.3, 0.4) is 0 Å². The van der Waals surface area contributed by atoms with E-state index < -0.39 is 5.97 Å². The molecule has 0 saturated carbocycles. The van der Waals surface area contributed by atoms with Gasteiger partial charge in [0.05, 0.1) is 6.61 Å². The van der Waals surface area contributed by atoms with Crippen LogP contribution in [0, 0.1) is 0 Å². The van der Waals surface area contributed by atoms with Crippen LogP contribution < -0.4 is 5.56 Å². The van der Waals surface area contributed by atoms with E-state index in [4.69, 9.17) is 4.74 Å². The number of rotatable bonds is 3. The zero-order valence-electron chi connectivity index (χ0n) is 9.69. The molecule has 6 heteroatoms. The number of fused-ring (bicyclic) bond motifs is 1. The Morgan fingerprint density at radius 2 is 2.29 bits per heavy atom. The molecule has 0 aliphatic carbocycles. The average molecular weight is 235 g/mol. The SMILES string of the molecule is CCOC(=O)c1nn2ccc(CC)c2c(=O)[nH]1. The minimum Gasteiger partial charge on any atom is -0.460 e. The maximum absolute atomic E-state index is 11.8. The summed E-state index contributed by atoms with van der Waals surface area (Å²) in [7, 11) is 0. The number of ether oxygens (including phenoxy) is 1. The second-order valence-electron chi connectivity index (χ2n) is 3.51. The number of esters is 1. The summed E-state index contributed by atoms with van der Waals surface area (Å²) in [6.07, 6.45) is 2.39. The lowest BCUT2D eigenvalue weighted by molar-refractivity contribution is 0.0509. The molecule has 17 heavy (non-hydrogen) atoms. The molecule has 0 aliphatic rings. The Morgan fingerprint density at radius 1 is 1.53 bits per heavy atom. The number of hydrogen-bond donors (Lipinski definition) is 1. The minimum atomic E-state index is -0.627. The first kappa shape index (κ1) is 11.4. The topological polar surface area (TPSA) is 76.5 Å². The molecule has 0 spiro atoms. The summed E-state index contributed by atoms with van der Waals surface area (Å²) in [4.78, 5) is 25.7. The van der Waals surface area contributed by atoms with Gasteiger partial charge in [-0.1, -0.05) is 6.92 Å². The second kappa shape index (κ2) is 4.40. The molecule has 2 aromatic rings. The zero-order valence-corrected chi connectivity index (χ0v) is 9.69. The van der Waals surface area contributed by atoms with Gasteiger partial charge in [-0.15, -0.1) is 5.10 Å². The summed E-state index contributed by atoms with van der Waals surface area (Å²) in [5, 5.41) is 4.01. The molecule has 0 atom stereocenters. The highest BCUT2D eigenvalue weighted by Crippen LogP contribution is 2.07. The van der Waals surface area contributed by atoms with Gasteiger partial charge in [-0.3, -0.25) is 9.78 Å². The van der Waals surface area contributed by atoms with Gasteiger partial charge in [0.2, 0.25) is 5.82 Å². The van der Waals surface area contributed by atoms with Gasteiger partial charge in [-0.2, -0.15) is 0 Å². The highest BCUT2D eigenvalue weighted by atomic mass is 16.5. The Kier molecular flexibility index (Phi) is 2.95. The predicted octanol–water partition coefficient (Wildman–Crippen LogP) is 0.762. The fourth-order valence-corrected chi connectivity index (χ4v) is 1.67. The van der Waals surface area contributed by atoms with Gasteiger partial charge in [0.1, 0.15) is 5.52 Å². The molecule has 2 aromatic heterocycles. The van der Waals surface area contributed by atoms with Gasteiger partial charge in [-0.05, 0) is 25.0 Å². The molecular formula is C11H13N3O3. The summed E-state index contributed by atoms with van der Waals surface area (Å²) in [6, 6.07) is 1.81. The Morgan fingerprint density at radius 3 is 2.94 bits per heavy atom. The molecule has 0 amide bonds. The van der Waals surface area contributed by atoms with Gasteiger partial charge in [0.25, 0.3) is 5.56 Å². The third-order valence-electron chi connectivity index (χ3n) is 2.45. The smallest absolute Gasteiger partial charge is 0.376 e. The largest absolute Gasteiger partial charge is 0.460 e. The van der Waals surface area contributed by atoms with Gasteiger partial charge in [-0.25, -0.2) is 9.31 Å². The molecule has 0 aromatic carbocycles. The lowest BCUT2D eigenvalue weighted by atomic mass is 10.2. The molecule has 2 rings (SSSR count). The van der Waals surface area contributed by atoms with E-state index in [1.807, 2.05) is 13.0 Å². The maximum atomic E-state index is 11.8. The van der Waals surface area contributed by atoms with Crippen molar-refractivity contribution in [3.8, 4) is 0 Å². The molecular weight excluding hydrogens is 222 g/mol. The summed E-state index contributed by atoms with van der Waals surface area (Å²) in [5.41, 5.74) is 1.04. The number of nitrogens with zero attached hydrogens (tertiary/aromatic N) is 2. The van der Waals surface area contributed by atoms with Crippen LogP contribution in [0.25, 0.3) is 5.52 Å². The number of carbonyl (C=O) groups is 1. The monoisotopic (exact) mass is 235 g/mol. The van der Waals surface area contributed by atoms with Gasteiger partial charge >= 0.3 is 5.97 Å². The number of aromatic nitrogens is 3. The Bertz CT molecular complexity index is 612. The molecule has 0 fully saturated rings. The van der Waals surface area contributed by atoms with E-state index in [-0.39, 0.29) is 18.0 Å². The fraction of sp³-hybridized carbons (Fsp3) is 0.364. The second-order valence-corrected chi connectivity index (χ2v) is 3.51. The highest BCUT2D eigenvalue weighted by Gasteiger charge is 2.14. The Balaban J connectivity index is 2.57. The summed E-state index contributed by atoms with van der Waals surface area (Å²) >= 11 is 0. The molecule has 0 saturated heterocycles. The van der Waals surface area contributed by atoms with Crippen LogP contribution in [0.1, 0.15) is 30.0 Å². The standard InChI is InChI=1S/C11H13N3O3/c1-3-7-5-6-14-8(7)10(15)12-9(13-14)11(16)17-4-2/h5-6H,3-4H2,1-2H3,(H,12,13,15). The van der Waals surface area contributed by atoms with Crippen LogP contribution in [0.15, 0.2) is 17.1 Å². The van der Waals surface area contributed by atoms with Gasteiger partial charge in [0, 0.05) is 6.20 Å². The summed E-state index contributed by atoms with van der Waals surface area (Å²) in [6.45, 7) is 3.89. The number of aryl methyl sites for hydroxylation is 1. The van der Waals surface area contributed by atoms with Crippen molar-refractivity contribution in [1.82, 2.24) is 14.6 Å². The van der Waals surface area contributed by atoms with Gasteiger partial charge < -0.3 is 4.74 Å². The first-order chi connectivity index (χ1) is 8.17.